The molecule has 1 aliphatic rings. The lowest BCUT2D eigenvalue weighted by atomic mass is 10.0. The number of nitrogens with zero attached hydrogens (tertiary/aromatic N) is 2. The lowest BCUT2D eigenvalue weighted by Crippen LogP contribution is -2.39. The molecule has 0 fully saturated rings. The molecule has 1 aliphatic heterocycles. The Kier molecular flexibility index (Phi) is 4.75. The predicted molar refractivity (Wildman–Crippen MR) is 99.0 cm³/mol. The van der Waals surface area contributed by atoms with E-state index in [-0.39, 0.29) is 23.9 Å². The molecule has 1 aromatic heterocycles. The van der Waals surface area contributed by atoms with Gasteiger partial charge in [0.25, 0.3) is 11.5 Å². The van der Waals surface area contributed by atoms with Crippen LogP contribution >= 0.6 is 0 Å². The van der Waals surface area contributed by atoms with Gasteiger partial charge in [0.15, 0.2) is 12.4 Å². The Hall–Kier alpha value is -3.15. The highest BCUT2D eigenvalue weighted by Crippen LogP contribution is 2.33. The number of hydrogen-bond acceptors (Lipinski definition) is 4. The lowest BCUT2D eigenvalue weighted by Gasteiger charge is -2.29. The van der Waals surface area contributed by atoms with E-state index in [1.165, 1.54) is 9.47 Å². The van der Waals surface area contributed by atoms with Crippen molar-refractivity contribution in [2.75, 3.05) is 18.1 Å². The molecule has 6 heteroatoms. The van der Waals surface area contributed by atoms with Crippen molar-refractivity contribution in [3.05, 3.63) is 70.7 Å². The van der Waals surface area contributed by atoms with Crippen LogP contribution in [0.4, 0.5) is 5.69 Å². The van der Waals surface area contributed by atoms with Crippen LogP contribution in [0.5, 0.6) is 5.75 Å². The molecule has 0 aliphatic carbocycles. The zero-order valence-corrected chi connectivity index (χ0v) is 14.8. The van der Waals surface area contributed by atoms with Crippen LogP contribution in [-0.2, 0) is 4.79 Å². The summed E-state index contributed by atoms with van der Waals surface area (Å²) in [5.41, 5.74) is 1.33. The number of aryl methyl sites for hydroxylation is 1. The summed E-state index contributed by atoms with van der Waals surface area (Å²) in [7, 11) is 0. The molecule has 6 nitrogen and oxygen atoms in total. The number of ether oxygens (including phenoxy) is 1. The van der Waals surface area contributed by atoms with Crippen molar-refractivity contribution >= 4 is 17.4 Å². The van der Waals surface area contributed by atoms with Gasteiger partial charge in [-0.2, -0.15) is 0 Å². The maximum absolute atomic E-state index is 12.9. The van der Waals surface area contributed by atoms with E-state index in [0.29, 0.717) is 29.1 Å². The molecular formula is C20H20N2O4. The van der Waals surface area contributed by atoms with Gasteiger partial charge in [0.05, 0.1) is 11.7 Å². The highest BCUT2D eigenvalue weighted by Gasteiger charge is 2.27. The molecule has 0 spiro atoms. The maximum atomic E-state index is 12.9. The number of carbonyl (C=O) groups excluding carboxylic acids is 2. The van der Waals surface area contributed by atoms with Gasteiger partial charge in [-0.3, -0.25) is 14.4 Å². The van der Waals surface area contributed by atoms with Crippen molar-refractivity contribution in [3.8, 4) is 5.75 Å². The van der Waals surface area contributed by atoms with Gasteiger partial charge in [0, 0.05) is 23.9 Å². The van der Waals surface area contributed by atoms with Gasteiger partial charge in [-0.05, 0) is 38.1 Å². The van der Waals surface area contributed by atoms with Crippen molar-refractivity contribution in [2.45, 2.75) is 19.9 Å². The summed E-state index contributed by atoms with van der Waals surface area (Å²) in [6.07, 6.45) is 3.23. The standard InChI is InChI=1S/C20H20N2O4/c1-4-9-22-16-11-15(7-8-17(16)26-12-18(22)23)19(24)14(3)21-10-5-6-13(2)20(21)25/h4-8,10-11,14H,1,9,12H2,2-3H3. The Morgan fingerprint density at radius 1 is 1.35 bits per heavy atom. The highest BCUT2D eigenvalue weighted by atomic mass is 16.5. The summed E-state index contributed by atoms with van der Waals surface area (Å²) in [4.78, 5) is 38.8. The Bertz CT molecular complexity index is 945. The van der Waals surface area contributed by atoms with E-state index in [2.05, 4.69) is 6.58 Å². The quantitative estimate of drug-likeness (QED) is 0.612. The fourth-order valence-corrected chi connectivity index (χ4v) is 2.98. The van der Waals surface area contributed by atoms with Gasteiger partial charge >= 0.3 is 0 Å². The van der Waals surface area contributed by atoms with E-state index < -0.39 is 6.04 Å². The van der Waals surface area contributed by atoms with Crippen LogP contribution < -0.4 is 15.2 Å². The molecule has 1 amide bonds. The zero-order chi connectivity index (χ0) is 18.8. The summed E-state index contributed by atoms with van der Waals surface area (Å²) in [6.45, 7) is 7.36. The number of anilines is 1. The minimum Gasteiger partial charge on any atom is -0.482 e. The average Bonchev–Trinajstić information content (AvgIpc) is 2.65. The first kappa shape index (κ1) is 17.7. The highest BCUT2D eigenvalue weighted by molar-refractivity contribution is 6.03. The molecule has 1 aromatic carbocycles. The first-order valence-electron chi connectivity index (χ1n) is 8.34. The summed E-state index contributed by atoms with van der Waals surface area (Å²) in [5, 5.41) is 0. The normalized spacial score (nSPS) is 14.4. The smallest absolute Gasteiger partial charge is 0.265 e. The third kappa shape index (κ3) is 3.06. The van der Waals surface area contributed by atoms with Gasteiger partial charge < -0.3 is 14.2 Å². The van der Waals surface area contributed by atoms with E-state index in [1.807, 2.05) is 0 Å². The van der Waals surface area contributed by atoms with Gasteiger partial charge in [-0.1, -0.05) is 12.1 Å². The molecule has 1 atom stereocenters. The fourth-order valence-electron chi connectivity index (χ4n) is 2.98. The van der Waals surface area contributed by atoms with E-state index in [0.717, 1.165) is 0 Å². The predicted octanol–water partition coefficient (Wildman–Crippen LogP) is 2.51. The molecule has 2 heterocycles. The minimum absolute atomic E-state index is 0.0385. The average molecular weight is 352 g/mol. The molecule has 3 rings (SSSR count). The molecule has 26 heavy (non-hydrogen) atoms. The van der Waals surface area contributed by atoms with Crippen molar-refractivity contribution in [1.29, 1.82) is 0 Å². The van der Waals surface area contributed by atoms with E-state index in [4.69, 9.17) is 4.74 Å². The number of rotatable bonds is 5. The zero-order valence-electron chi connectivity index (χ0n) is 14.8. The summed E-state index contributed by atoms with van der Waals surface area (Å²) in [5.74, 6) is 0.144. The number of amides is 1. The molecular weight excluding hydrogens is 332 g/mol. The first-order valence-corrected chi connectivity index (χ1v) is 8.34. The molecule has 134 valence electrons. The second-order valence-electron chi connectivity index (χ2n) is 6.21. The van der Waals surface area contributed by atoms with Crippen LogP contribution in [0.1, 0.15) is 28.9 Å². The number of carbonyl (C=O) groups is 2. The number of aromatic nitrogens is 1. The topological polar surface area (TPSA) is 68.6 Å². The van der Waals surface area contributed by atoms with Crippen LogP contribution in [0.3, 0.4) is 0 Å². The summed E-state index contributed by atoms with van der Waals surface area (Å²) >= 11 is 0. The van der Waals surface area contributed by atoms with Crippen LogP contribution in [-0.4, -0.2) is 29.4 Å². The molecule has 0 radical (unpaired) electrons. The lowest BCUT2D eigenvalue weighted by molar-refractivity contribution is -0.121. The van der Waals surface area contributed by atoms with Gasteiger partial charge in [0.1, 0.15) is 5.75 Å². The maximum Gasteiger partial charge on any atom is 0.265 e. The molecule has 0 saturated heterocycles. The van der Waals surface area contributed by atoms with Gasteiger partial charge in [-0.15, -0.1) is 6.58 Å². The number of fused-ring (bicyclic) bond motifs is 1. The molecule has 1 unspecified atom stereocenters. The second-order valence-corrected chi connectivity index (χ2v) is 6.21. The Morgan fingerprint density at radius 3 is 2.85 bits per heavy atom. The molecule has 0 bridgehead atoms. The van der Waals surface area contributed by atoms with E-state index in [9.17, 15) is 14.4 Å². The van der Waals surface area contributed by atoms with Crippen molar-refractivity contribution in [3.63, 3.8) is 0 Å². The fraction of sp³-hybridized carbons (Fsp3) is 0.250. The third-order valence-corrected chi connectivity index (χ3v) is 4.46. The number of ketones is 1. The van der Waals surface area contributed by atoms with Crippen molar-refractivity contribution in [2.24, 2.45) is 0 Å². The second kappa shape index (κ2) is 7.00. The van der Waals surface area contributed by atoms with Crippen LogP contribution in [0.15, 0.2) is 54.0 Å². The van der Waals surface area contributed by atoms with Crippen molar-refractivity contribution < 1.29 is 14.3 Å². The van der Waals surface area contributed by atoms with Gasteiger partial charge in [0.2, 0.25) is 0 Å². The monoisotopic (exact) mass is 352 g/mol. The SMILES string of the molecule is C=CCN1C(=O)COc2ccc(C(=O)C(C)n3cccc(C)c3=O)cc21. The van der Waals surface area contributed by atoms with Crippen LogP contribution in [0.2, 0.25) is 0 Å². The van der Waals surface area contributed by atoms with Crippen LogP contribution in [0.25, 0.3) is 0 Å². The Labute approximate surface area is 151 Å². The summed E-state index contributed by atoms with van der Waals surface area (Å²) in [6, 6.07) is 7.76. The van der Waals surface area contributed by atoms with Crippen LogP contribution in [0, 0.1) is 6.92 Å². The Balaban J connectivity index is 1.98. The Morgan fingerprint density at radius 2 is 2.12 bits per heavy atom. The van der Waals surface area contributed by atoms with E-state index in [1.54, 1.807) is 56.5 Å². The summed E-state index contributed by atoms with van der Waals surface area (Å²) < 4.78 is 6.85. The first-order chi connectivity index (χ1) is 12.4. The molecule has 0 saturated carbocycles. The van der Waals surface area contributed by atoms with Gasteiger partial charge in [-0.25, -0.2) is 0 Å². The number of hydrogen-bond donors (Lipinski definition) is 0. The van der Waals surface area contributed by atoms with E-state index >= 15 is 0 Å². The third-order valence-electron chi connectivity index (χ3n) is 4.46. The number of benzene rings is 1. The molecule has 2 aromatic rings. The number of pyridine rings is 1. The minimum atomic E-state index is -0.659. The van der Waals surface area contributed by atoms with Crippen molar-refractivity contribution in [1.82, 2.24) is 4.57 Å². The molecule has 0 N–H and O–H groups in total. The number of Topliss-reactive ketones (excluding diaryl/α,β-unsaturated/α-hetero) is 1. The largest absolute Gasteiger partial charge is 0.482 e.